The van der Waals surface area contributed by atoms with Gasteiger partial charge in [-0.1, -0.05) is 12.1 Å². The van der Waals surface area contributed by atoms with E-state index in [-0.39, 0.29) is 24.0 Å². The molecule has 1 aromatic carbocycles. The number of rotatable bonds is 8. The van der Waals surface area contributed by atoms with Crippen LogP contribution in [0, 0.1) is 5.92 Å². The lowest BCUT2D eigenvalue weighted by molar-refractivity contribution is 0.0625. The Morgan fingerprint density at radius 1 is 1.27 bits per heavy atom. The van der Waals surface area contributed by atoms with Crippen LogP contribution in [0.3, 0.4) is 0 Å². The highest BCUT2D eigenvalue weighted by atomic mass is 127. The average Bonchev–Trinajstić information content (AvgIpc) is 2.67. The van der Waals surface area contributed by atoms with Gasteiger partial charge in [-0.2, -0.15) is 0 Å². The van der Waals surface area contributed by atoms with Crippen LogP contribution in [0.5, 0.6) is 5.75 Å². The third kappa shape index (κ3) is 8.12. The van der Waals surface area contributed by atoms with Crippen molar-refractivity contribution >= 4 is 29.9 Å². The van der Waals surface area contributed by atoms with E-state index in [1.165, 1.54) is 24.8 Å². The molecule has 1 saturated heterocycles. The number of aliphatic imine (C=N–C) groups is 1. The lowest BCUT2D eigenvalue weighted by Gasteiger charge is -2.26. The second-order valence-electron chi connectivity index (χ2n) is 6.69. The fourth-order valence-electron chi connectivity index (χ4n) is 3.19. The normalized spacial score (nSPS) is 15.3. The zero-order valence-corrected chi connectivity index (χ0v) is 18.7. The Kier molecular flexibility index (Phi) is 11.7. The van der Waals surface area contributed by atoms with Crippen LogP contribution in [0.4, 0.5) is 0 Å². The summed E-state index contributed by atoms with van der Waals surface area (Å²) in [5, 5.41) is 3.48. The van der Waals surface area contributed by atoms with Gasteiger partial charge < -0.3 is 19.7 Å². The molecule has 0 radical (unpaired) electrons. The molecule has 5 nitrogen and oxygen atoms in total. The lowest BCUT2D eigenvalue weighted by atomic mass is 9.96. The second-order valence-corrected chi connectivity index (χ2v) is 6.69. The van der Waals surface area contributed by atoms with Gasteiger partial charge in [-0.3, -0.25) is 4.99 Å². The standard InChI is InChI=1S/C20H33N3O2.HI/c1-21-20(23(2)14-10-18-11-15-25-16-12-18)22-13-4-5-17-6-8-19(24-3)9-7-17;/h6-9,18H,4-5,10-16H2,1-3H3,(H,21,22);1H. The summed E-state index contributed by atoms with van der Waals surface area (Å²) in [7, 11) is 5.68. The van der Waals surface area contributed by atoms with Gasteiger partial charge in [-0.05, 0) is 55.7 Å². The minimum atomic E-state index is 0. The van der Waals surface area contributed by atoms with Crippen molar-refractivity contribution in [1.29, 1.82) is 0 Å². The SMILES string of the molecule is CN=C(NCCCc1ccc(OC)cc1)N(C)CCC1CCOCC1.I. The van der Waals surface area contributed by atoms with Crippen LogP contribution in [0.25, 0.3) is 0 Å². The zero-order chi connectivity index (χ0) is 17.9. The molecular formula is C20H34IN3O2. The Balaban J connectivity index is 0.00000338. The van der Waals surface area contributed by atoms with Crippen molar-refractivity contribution < 1.29 is 9.47 Å². The molecule has 0 aromatic heterocycles. The Morgan fingerprint density at radius 2 is 1.96 bits per heavy atom. The first-order chi connectivity index (χ1) is 12.2. The van der Waals surface area contributed by atoms with Crippen LogP contribution in [-0.2, 0) is 11.2 Å². The van der Waals surface area contributed by atoms with Crippen molar-refractivity contribution in [2.24, 2.45) is 10.9 Å². The number of ether oxygens (including phenoxy) is 2. The van der Waals surface area contributed by atoms with Gasteiger partial charge in [0.05, 0.1) is 7.11 Å². The Labute approximate surface area is 175 Å². The van der Waals surface area contributed by atoms with E-state index in [0.29, 0.717) is 0 Å². The Hall–Kier alpha value is -1.02. The van der Waals surface area contributed by atoms with Crippen molar-refractivity contribution in [3.05, 3.63) is 29.8 Å². The van der Waals surface area contributed by atoms with Gasteiger partial charge in [0, 0.05) is 40.4 Å². The maximum Gasteiger partial charge on any atom is 0.193 e. The molecule has 0 unspecified atom stereocenters. The molecule has 1 aliphatic rings. The minimum Gasteiger partial charge on any atom is -0.497 e. The number of hydrogen-bond acceptors (Lipinski definition) is 3. The van der Waals surface area contributed by atoms with Gasteiger partial charge in [0.25, 0.3) is 0 Å². The van der Waals surface area contributed by atoms with E-state index in [0.717, 1.165) is 56.8 Å². The zero-order valence-electron chi connectivity index (χ0n) is 16.4. The minimum absolute atomic E-state index is 0. The maximum atomic E-state index is 5.43. The van der Waals surface area contributed by atoms with E-state index < -0.39 is 0 Å². The topological polar surface area (TPSA) is 46.1 Å². The van der Waals surface area contributed by atoms with E-state index in [9.17, 15) is 0 Å². The predicted molar refractivity (Wildman–Crippen MR) is 119 cm³/mol. The molecule has 0 atom stereocenters. The summed E-state index contributed by atoms with van der Waals surface area (Å²) >= 11 is 0. The van der Waals surface area contributed by atoms with E-state index in [1.807, 2.05) is 19.2 Å². The number of methoxy groups -OCH3 is 1. The highest BCUT2D eigenvalue weighted by Gasteiger charge is 2.15. The fourth-order valence-corrected chi connectivity index (χ4v) is 3.19. The van der Waals surface area contributed by atoms with E-state index in [2.05, 4.69) is 34.4 Å². The van der Waals surface area contributed by atoms with Gasteiger partial charge in [0.2, 0.25) is 0 Å². The van der Waals surface area contributed by atoms with Gasteiger partial charge in [0.15, 0.2) is 5.96 Å². The molecule has 0 bridgehead atoms. The molecule has 1 heterocycles. The van der Waals surface area contributed by atoms with E-state index in [1.54, 1.807) is 7.11 Å². The quantitative estimate of drug-likeness (QED) is 0.270. The van der Waals surface area contributed by atoms with Crippen LogP contribution in [0.2, 0.25) is 0 Å². The fraction of sp³-hybridized carbons (Fsp3) is 0.650. The molecule has 1 fully saturated rings. The highest BCUT2D eigenvalue weighted by Crippen LogP contribution is 2.18. The number of benzene rings is 1. The third-order valence-corrected chi connectivity index (χ3v) is 4.87. The average molecular weight is 475 g/mol. The number of hydrogen-bond donors (Lipinski definition) is 1. The van der Waals surface area contributed by atoms with Gasteiger partial charge in [-0.25, -0.2) is 0 Å². The molecule has 2 rings (SSSR count). The number of guanidine groups is 1. The number of aryl methyl sites for hydroxylation is 1. The Morgan fingerprint density at radius 3 is 2.58 bits per heavy atom. The van der Waals surface area contributed by atoms with Crippen LogP contribution in [0.1, 0.15) is 31.2 Å². The third-order valence-electron chi connectivity index (χ3n) is 4.87. The number of halogens is 1. The molecular weight excluding hydrogens is 441 g/mol. The summed E-state index contributed by atoms with van der Waals surface area (Å²) in [6.45, 7) is 3.82. The first-order valence-corrected chi connectivity index (χ1v) is 9.35. The van der Waals surface area contributed by atoms with Crippen LogP contribution in [-0.4, -0.2) is 58.4 Å². The molecule has 0 spiro atoms. The van der Waals surface area contributed by atoms with Crippen molar-refractivity contribution in [3.8, 4) is 5.75 Å². The maximum absolute atomic E-state index is 5.43. The van der Waals surface area contributed by atoms with E-state index in [4.69, 9.17) is 9.47 Å². The predicted octanol–water partition coefficient (Wildman–Crippen LogP) is 3.57. The molecule has 0 saturated carbocycles. The van der Waals surface area contributed by atoms with Crippen LogP contribution < -0.4 is 10.1 Å². The second kappa shape index (κ2) is 13.2. The molecule has 1 aliphatic heterocycles. The largest absolute Gasteiger partial charge is 0.497 e. The number of nitrogens with one attached hydrogen (secondary N) is 1. The first kappa shape index (κ1) is 23.0. The van der Waals surface area contributed by atoms with Crippen molar-refractivity contribution in [1.82, 2.24) is 10.2 Å². The molecule has 0 aliphatic carbocycles. The van der Waals surface area contributed by atoms with Gasteiger partial charge >= 0.3 is 0 Å². The molecule has 1 N–H and O–H groups in total. The van der Waals surface area contributed by atoms with E-state index >= 15 is 0 Å². The summed E-state index contributed by atoms with van der Waals surface area (Å²) in [4.78, 5) is 6.65. The molecule has 0 amide bonds. The first-order valence-electron chi connectivity index (χ1n) is 9.35. The Bertz CT molecular complexity index is 516. The summed E-state index contributed by atoms with van der Waals surface area (Å²) in [6.07, 6.45) is 5.74. The van der Waals surface area contributed by atoms with Crippen molar-refractivity contribution in [2.45, 2.75) is 32.1 Å². The summed E-state index contributed by atoms with van der Waals surface area (Å²) in [5.74, 6) is 2.69. The summed E-state index contributed by atoms with van der Waals surface area (Å²) < 4.78 is 10.6. The smallest absolute Gasteiger partial charge is 0.193 e. The van der Waals surface area contributed by atoms with Gasteiger partial charge in [0.1, 0.15) is 5.75 Å². The van der Waals surface area contributed by atoms with Crippen LogP contribution in [0.15, 0.2) is 29.3 Å². The molecule has 6 heteroatoms. The lowest BCUT2D eigenvalue weighted by Crippen LogP contribution is -2.40. The monoisotopic (exact) mass is 475 g/mol. The van der Waals surface area contributed by atoms with Crippen molar-refractivity contribution in [3.63, 3.8) is 0 Å². The highest BCUT2D eigenvalue weighted by molar-refractivity contribution is 14.0. The molecule has 1 aromatic rings. The van der Waals surface area contributed by atoms with Crippen molar-refractivity contribution in [2.75, 3.05) is 47.5 Å². The summed E-state index contributed by atoms with van der Waals surface area (Å²) in [5.41, 5.74) is 1.34. The summed E-state index contributed by atoms with van der Waals surface area (Å²) in [6, 6.07) is 8.30. The van der Waals surface area contributed by atoms with Gasteiger partial charge in [-0.15, -0.1) is 24.0 Å². The number of nitrogens with zero attached hydrogens (tertiary/aromatic N) is 2. The molecule has 148 valence electrons. The molecule has 26 heavy (non-hydrogen) atoms. The van der Waals surface area contributed by atoms with Crippen LogP contribution >= 0.6 is 24.0 Å².